The van der Waals surface area contributed by atoms with E-state index in [4.69, 9.17) is 0 Å². The van der Waals surface area contributed by atoms with Gasteiger partial charge in [-0.25, -0.2) is 0 Å². The minimum Gasteiger partial charge on any atom is -0.356 e. The third-order valence-corrected chi connectivity index (χ3v) is 2.70. The van der Waals surface area contributed by atoms with Gasteiger partial charge in [0.1, 0.15) is 0 Å². The van der Waals surface area contributed by atoms with Crippen molar-refractivity contribution in [2.24, 2.45) is 10.9 Å². The highest BCUT2D eigenvalue weighted by Gasteiger charge is 2.28. The molecule has 0 heterocycles. The molecule has 0 aromatic carbocycles. The predicted molar refractivity (Wildman–Crippen MR) is 77.0 cm³/mol. The number of halogens is 3. The van der Waals surface area contributed by atoms with Crippen molar-refractivity contribution in [2.45, 2.75) is 32.9 Å². The van der Waals surface area contributed by atoms with Crippen LogP contribution in [0.4, 0.5) is 13.2 Å². The summed E-state index contributed by atoms with van der Waals surface area (Å²) in [4.78, 5) is 5.34. The van der Waals surface area contributed by atoms with Crippen LogP contribution >= 0.6 is 0 Å². The first-order valence-corrected chi connectivity index (χ1v) is 6.94. The molecule has 0 saturated heterocycles. The Morgan fingerprint density at radius 2 is 1.80 bits per heavy atom. The summed E-state index contributed by atoms with van der Waals surface area (Å²) in [5.74, 6) is 1.32. The SMILES string of the molecule is CN=C(NCCCN(C)CC(F)(F)F)NCCC(C)C. The molecule has 0 aromatic rings. The van der Waals surface area contributed by atoms with Crippen molar-refractivity contribution in [3.05, 3.63) is 0 Å². The summed E-state index contributed by atoms with van der Waals surface area (Å²) in [5.41, 5.74) is 0. The first kappa shape index (κ1) is 19.0. The zero-order valence-electron chi connectivity index (χ0n) is 12.8. The Balaban J connectivity index is 3.71. The Morgan fingerprint density at radius 1 is 1.20 bits per heavy atom. The van der Waals surface area contributed by atoms with Gasteiger partial charge in [-0.15, -0.1) is 0 Å². The molecule has 0 aliphatic carbocycles. The van der Waals surface area contributed by atoms with E-state index < -0.39 is 12.7 Å². The van der Waals surface area contributed by atoms with Crippen LogP contribution in [0.1, 0.15) is 26.7 Å². The van der Waals surface area contributed by atoms with Gasteiger partial charge in [0, 0.05) is 20.1 Å². The van der Waals surface area contributed by atoms with E-state index in [0.717, 1.165) is 13.0 Å². The highest BCUT2D eigenvalue weighted by atomic mass is 19.4. The molecule has 2 N–H and O–H groups in total. The Morgan fingerprint density at radius 3 is 2.30 bits per heavy atom. The van der Waals surface area contributed by atoms with E-state index in [1.165, 1.54) is 11.9 Å². The van der Waals surface area contributed by atoms with Gasteiger partial charge in [0.15, 0.2) is 5.96 Å². The van der Waals surface area contributed by atoms with Crippen LogP contribution < -0.4 is 10.6 Å². The fraction of sp³-hybridized carbons (Fsp3) is 0.923. The Bertz CT molecular complexity index is 277. The fourth-order valence-electron chi connectivity index (χ4n) is 1.64. The van der Waals surface area contributed by atoms with Gasteiger partial charge in [0.25, 0.3) is 0 Å². The van der Waals surface area contributed by atoms with E-state index in [1.807, 2.05) is 0 Å². The largest absolute Gasteiger partial charge is 0.401 e. The maximum atomic E-state index is 12.1. The zero-order valence-corrected chi connectivity index (χ0v) is 12.8. The number of alkyl halides is 3. The number of rotatable bonds is 8. The van der Waals surface area contributed by atoms with Crippen molar-refractivity contribution in [1.82, 2.24) is 15.5 Å². The Kier molecular flexibility index (Phi) is 9.37. The van der Waals surface area contributed by atoms with Crippen molar-refractivity contribution in [1.29, 1.82) is 0 Å². The zero-order chi connectivity index (χ0) is 15.6. The van der Waals surface area contributed by atoms with Crippen molar-refractivity contribution in [2.75, 3.05) is 40.3 Å². The smallest absolute Gasteiger partial charge is 0.356 e. The fourth-order valence-corrected chi connectivity index (χ4v) is 1.64. The van der Waals surface area contributed by atoms with Crippen molar-refractivity contribution in [3.63, 3.8) is 0 Å². The summed E-state index contributed by atoms with van der Waals surface area (Å²) in [7, 11) is 3.16. The maximum Gasteiger partial charge on any atom is 0.401 e. The summed E-state index contributed by atoms with van der Waals surface area (Å²) < 4.78 is 36.3. The third-order valence-electron chi connectivity index (χ3n) is 2.70. The van der Waals surface area contributed by atoms with Crippen LogP contribution in [0.15, 0.2) is 4.99 Å². The molecule has 0 bridgehead atoms. The van der Waals surface area contributed by atoms with Crippen molar-refractivity contribution < 1.29 is 13.2 Å². The lowest BCUT2D eigenvalue weighted by atomic mass is 10.1. The van der Waals surface area contributed by atoms with Crippen LogP contribution in [0.25, 0.3) is 0 Å². The molecule has 120 valence electrons. The number of nitrogens with one attached hydrogen (secondary N) is 2. The monoisotopic (exact) mass is 296 g/mol. The molecule has 0 aliphatic heterocycles. The molecule has 7 heteroatoms. The molecule has 20 heavy (non-hydrogen) atoms. The van der Waals surface area contributed by atoms with Gasteiger partial charge in [0.05, 0.1) is 6.54 Å². The summed E-state index contributed by atoms with van der Waals surface area (Å²) in [5, 5.41) is 6.26. The molecule has 0 amide bonds. The lowest BCUT2D eigenvalue weighted by Gasteiger charge is -2.19. The summed E-state index contributed by atoms with van der Waals surface area (Å²) >= 11 is 0. The van der Waals surface area contributed by atoms with Crippen LogP contribution in [-0.2, 0) is 0 Å². The summed E-state index contributed by atoms with van der Waals surface area (Å²) in [6.07, 6.45) is -2.44. The maximum absolute atomic E-state index is 12.1. The molecule has 0 unspecified atom stereocenters. The van der Waals surface area contributed by atoms with E-state index in [-0.39, 0.29) is 0 Å². The highest BCUT2D eigenvalue weighted by Crippen LogP contribution is 2.15. The average molecular weight is 296 g/mol. The molecule has 0 aliphatic rings. The van der Waals surface area contributed by atoms with E-state index in [1.54, 1.807) is 7.05 Å². The van der Waals surface area contributed by atoms with E-state index in [9.17, 15) is 13.2 Å². The molecule has 0 fully saturated rings. The van der Waals surface area contributed by atoms with Crippen LogP contribution in [-0.4, -0.2) is 57.3 Å². The molecule has 0 rings (SSSR count). The molecular formula is C13H27F3N4. The molecule has 0 radical (unpaired) electrons. The molecule has 0 atom stereocenters. The van der Waals surface area contributed by atoms with Gasteiger partial charge in [0.2, 0.25) is 0 Å². The van der Waals surface area contributed by atoms with Gasteiger partial charge >= 0.3 is 6.18 Å². The molecule has 0 spiro atoms. The minimum absolute atomic E-state index is 0.398. The normalized spacial score (nSPS) is 13.2. The standard InChI is InChI=1S/C13H27F3N4/c1-11(2)6-8-19-12(17-3)18-7-5-9-20(4)10-13(14,15)16/h11H,5-10H2,1-4H3,(H2,17,18,19). The van der Waals surface area contributed by atoms with Gasteiger partial charge in [-0.05, 0) is 32.4 Å². The summed E-state index contributed by atoms with van der Waals surface area (Å²) in [6.45, 7) is 5.27. The van der Waals surface area contributed by atoms with Crippen LogP contribution in [0.2, 0.25) is 0 Å². The lowest BCUT2D eigenvalue weighted by Crippen LogP contribution is -2.39. The Labute approximate surface area is 119 Å². The van der Waals surface area contributed by atoms with E-state index in [2.05, 4.69) is 29.5 Å². The van der Waals surface area contributed by atoms with E-state index in [0.29, 0.717) is 31.4 Å². The Hall–Kier alpha value is -0.980. The van der Waals surface area contributed by atoms with Gasteiger partial charge in [-0.3, -0.25) is 9.89 Å². The van der Waals surface area contributed by atoms with Crippen LogP contribution in [0.5, 0.6) is 0 Å². The van der Waals surface area contributed by atoms with E-state index >= 15 is 0 Å². The minimum atomic E-state index is -4.13. The first-order valence-electron chi connectivity index (χ1n) is 6.94. The second-order valence-corrected chi connectivity index (χ2v) is 5.31. The van der Waals surface area contributed by atoms with Crippen LogP contribution in [0.3, 0.4) is 0 Å². The molecule has 0 saturated carbocycles. The van der Waals surface area contributed by atoms with Gasteiger partial charge in [-0.1, -0.05) is 13.8 Å². The molecule has 4 nitrogen and oxygen atoms in total. The highest BCUT2D eigenvalue weighted by molar-refractivity contribution is 5.79. The van der Waals surface area contributed by atoms with Crippen LogP contribution in [0, 0.1) is 5.92 Å². The molecule has 0 aromatic heterocycles. The van der Waals surface area contributed by atoms with Crippen molar-refractivity contribution in [3.8, 4) is 0 Å². The second kappa shape index (κ2) is 9.85. The third kappa shape index (κ3) is 12.1. The number of aliphatic imine (C=N–C) groups is 1. The topological polar surface area (TPSA) is 39.7 Å². The quantitative estimate of drug-likeness (QED) is 0.409. The average Bonchev–Trinajstić information content (AvgIpc) is 2.29. The lowest BCUT2D eigenvalue weighted by molar-refractivity contribution is -0.143. The van der Waals surface area contributed by atoms with Gasteiger partial charge < -0.3 is 10.6 Å². The van der Waals surface area contributed by atoms with Crippen molar-refractivity contribution >= 4 is 5.96 Å². The number of hydrogen-bond acceptors (Lipinski definition) is 2. The number of hydrogen-bond donors (Lipinski definition) is 2. The number of nitrogens with zero attached hydrogens (tertiary/aromatic N) is 2. The first-order chi connectivity index (χ1) is 9.24. The predicted octanol–water partition coefficient (Wildman–Crippen LogP) is 2.08. The molecular weight excluding hydrogens is 269 g/mol. The number of guanidine groups is 1. The summed E-state index contributed by atoms with van der Waals surface area (Å²) in [6, 6.07) is 0. The van der Waals surface area contributed by atoms with Gasteiger partial charge in [-0.2, -0.15) is 13.2 Å². The second-order valence-electron chi connectivity index (χ2n) is 5.31.